The van der Waals surface area contributed by atoms with E-state index in [1.165, 1.54) is 12.8 Å². The molecule has 2 aliphatic heterocycles. The summed E-state index contributed by atoms with van der Waals surface area (Å²) in [5.41, 5.74) is 0. The normalized spacial score (nSPS) is 26.6. The number of rotatable bonds is 4. The molecule has 0 bridgehead atoms. The third-order valence-corrected chi connectivity index (χ3v) is 3.72. The summed E-state index contributed by atoms with van der Waals surface area (Å²) in [6.07, 6.45) is 4.35. The van der Waals surface area contributed by atoms with Gasteiger partial charge in [-0.25, -0.2) is 0 Å². The molecule has 4 heteroatoms. The number of carbonyl (C=O) groups excluding carboxylic acids is 1. The van der Waals surface area contributed by atoms with Crippen LogP contribution in [0.3, 0.4) is 0 Å². The van der Waals surface area contributed by atoms with E-state index < -0.39 is 0 Å². The number of nitrogens with zero attached hydrogens (tertiary/aromatic N) is 2. The Bertz CT molecular complexity index is 239. The molecule has 1 N–H and O–H groups in total. The van der Waals surface area contributed by atoms with Gasteiger partial charge in [-0.05, 0) is 38.1 Å². The highest BCUT2D eigenvalue weighted by molar-refractivity contribution is 5.78. The van der Waals surface area contributed by atoms with Crippen molar-refractivity contribution in [3.63, 3.8) is 0 Å². The minimum Gasteiger partial charge on any atom is -0.396 e. The van der Waals surface area contributed by atoms with E-state index in [1.54, 1.807) is 0 Å². The van der Waals surface area contributed by atoms with Gasteiger partial charge in [-0.2, -0.15) is 0 Å². The van der Waals surface area contributed by atoms with Crippen molar-refractivity contribution in [3.8, 4) is 0 Å². The SMILES string of the molecule is O=C(CN1CCC(CCO)C1)N1CCCC1. The summed E-state index contributed by atoms with van der Waals surface area (Å²) in [5.74, 6) is 0.888. The van der Waals surface area contributed by atoms with Crippen molar-refractivity contribution >= 4 is 5.91 Å². The molecule has 2 rings (SSSR count). The topological polar surface area (TPSA) is 43.8 Å². The molecule has 16 heavy (non-hydrogen) atoms. The van der Waals surface area contributed by atoms with E-state index in [0.717, 1.165) is 39.0 Å². The van der Waals surface area contributed by atoms with Crippen LogP contribution in [-0.2, 0) is 4.79 Å². The Balaban J connectivity index is 1.71. The van der Waals surface area contributed by atoms with Gasteiger partial charge < -0.3 is 10.0 Å². The predicted octanol–water partition coefficient (Wildman–Crippen LogP) is 0.313. The van der Waals surface area contributed by atoms with E-state index in [4.69, 9.17) is 5.11 Å². The molecule has 2 fully saturated rings. The molecular weight excluding hydrogens is 204 g/mol. The molecule has 0 aliphatic carbocycles. The highest BCUT2D eigenvalue weighted by Crippen LogP contribution is 2.19. The Kier molecular flexibility index (Phi) is 4.18. The lowest BCUT2D eigenvalue weighted by Gasteiger charge is -2.20. The third kappa shape index (κ3) is 2.95. The van der Waals surface area contributed by atoms with E-state index in [1.807, 2.05) is 4.90 Å². The largest absolute Gasteiger partial charge is 0.396 e. The summed E-state index contributed by atoms with van der Waals surface area (Å²) in [6, 6.07) is 0. The van der Waals surface area contributed by atoms with Crippen molar-refractivity contribution in [2.45, 2.75) is 25.7 Å². The standard InChI is InChI=1S/C12H22N2O2/c15-8-4-11-3-7-13(9-11)10-12(16)14-5-1-2-6-14/h11,15H,1-10H2. The van der Waals surface area contributed by atoms with Gasteiger partial charge in [0.1, 0.15) is 0 Å². The first-order valence-corrected chi connectivity index (χ1v) is 6.40. The van der Waals surface area contributed by atoms with E-state index in [-0.39, 0.29) is 6.61 Å². The average molecular weight is 226 g/mol. The quantitative estimate of drug-likeness (QED) is 0.750. The zero-order valence-electron chi connectivity index (χ0n) is 9.90. The van der Waals surface area contributed by atoms with Crippen LogP contribution in [0.1, 0.15) is 25.7 Å². The maximum absolute atomic E-state index is 11.9. The lowest BCUT2D eigenvalue weighted by Crippen LogP contribution is -2.38. The number of aliphatic hydroxyl groups is 1. The van der Waals surface area contributed by atoms with Gasteiger partial charge in [-0.3, -0.25) is 9.69 Å². The van der Waals surface area contributed by atoms with Gasteiger partial charge in [0.05, 0.1) is 6.54 Å². The smallest absolute Gasteiger partial charge is 0.236 e. The first-order valence-electron chi connectivity index (χ1n) is 6.40. The Morgan fingerprint density at radius 3 is 2.69 bits per heavy atom. The van der Waals surface area contributed by atoms with Crippen LogP contribution < -0.4 is 0 Å². The summed E-state index contributed by atoms with van der Waals surface area (Å²) >= 11 is 0. The van der Waals surface area contributed by atoms with E-state index in [2.05, 4.69) is 4.90 Å². The molecule has 0 aromatic rings. The van der Waals surface area contributed by atoms with E-state index in [0.29, 0.717) is 18.4 Å². The Morgan fingerprint density at radius 1 is 1.25 bits per heavy atom. The Hall–Kier alpha value is -0.610. The molecule has 92 valence electrons. The summed E-state index contributed by atoms with van der Waals surface area (Å²) < 4.78 is 0. The average Bonchev–Trinajstić information content (AvgIpc) is 2.89. The highest BCUT2D eigenvalue weighted by atomic mass is 16.3. The number of aliphatic hydroxyl groups excluding tert-OH is 1. The van der Waals surface area contributed by atoms with Crippen LogP contribution in [-0.4, -0.2) is 60.1 Å². The summed E-state index contributed by atoms with van der Waals surface area (Å²) in [7, 11) is 0. The second kappa shape index (κ2) is 5.64. The van der Waals surface area contributed by atoms with Crippen LogP contribution in [0.5, 0.6) is 0 Å². The van der Waals surface area contributed by atoms with Crippen molar-refractivity contribution in [2.24, 2.45) is 5.92 Å². The minimum atomic E-state index is 0.276. The Labute approximate surface area is 97.2 Å². The molecule has 2 saturated heterocycles. The van der Waals surface area contributed by atoms with Gasteiger partial charge in [-0.1, -0.05) is 0 Å². The fourth-order valence-corrected chi connectivity index (χ4v) is 2.73. The number of likely N-dealkylation sites (tertiary alicyclic amines) is 2. The fourth-order valence-electron chi connectivity index (χ4n) is 2.73. The molecule has 1 amide bonds. The van der Waals surface area contributed by atoms with Crippen molar-refractivity contribution in [1.82, 2.24) is 9.80 Å². The molecular formula is C12H22N2O2. The van der Waals surface area contributed by atoms with Gasteiger partial charge >= 0.3 is 0 Å². The number of amides is 1. The molecule has 1 atom stereocenters. The van der Waals surface area contributed by atoms with Crippen LogP contribution >= 0.6 is 0 Å². The number of carbonyl (C=O) groups is 1. The molecule has 0 saturated carbocycles. The molecule has 4 nitrogen and oxygen atoms in total. The maximum Gasteiger partial charge on any atom is 0.236 e. The summed E-state index contributed by atoms with van der Waals surface area (Å²) in [5, 5.41) is 8.87. The molecule has 0 radical (unpaired) electrons. The summed E-state index contributed by atoms with van der Waals surface area (Å²) in [6.45, 7) is 4.77. The van der Waals surface area contributed by atoms with Crippen molar-refractivity contribution in [2.75, 3.05) is 39.3 Å². The first-order chi connectivity index (χ1) is 7.79. The van der Waals surface area contributed by atoms with Gasteiger partial charge in [-0.15, -0.1) is 0 Å². The van der Waals surface area contributed by atoms with Crippen LogP contribution in [0.15, 0.2) is 0 Å². The highest BCUT2D eigenvalue weighted by Gasteiger charge is 2.26. The van der Waals surface area contributed by atoms with Crippen molar-refractivity contribution in [3.05, 3.63) is 0 Å². The molecule has 0 aromatic carbocycles. The second-order valence-electron chi connectivity index (χ2n) is 4.99. The van der Waals surface area contributed by atoms with Crippen LogP contribution in [0.2, 0.25) is 0 Å². The maximum atomic E-state index is 11.9. The third-order valence-electron chi connectivity index (χ3n) is 3.72. The van der Waals surface area contributed by atoms with Crippen molar-refractivity contribution < 1.29 is 9.90 Å². The molecule has 0 aromatic heterocycles. The number of hydrogen-bond donors (Lipinski definition) is 1. The van der Waals surface area contributed by atoms with Gasteiger partial charge in [0.15, 0.2) is 0 Å². The van der Waals surface area contributed by atoms with Crippen LogP contribution in [0.4, 0.5) is 0 Å². The van der Waals surface area contributed by atoms with Crippen LogP contribution in [0, 0.1) is 5.92 Å². The molecule has 2 heterocycles. The van der Waals surface area contributed by atoms with Crippen molar-refractivity contribution in [1.29, 1.82) is 0 Å². The zero-order chi connectivity index (χ0) is 11.4. The number of hydrogen-bond acceptors (Lipinski definition) is 3. The van der Waals surface area contributed by atoms with Crippen LogP contribution in [0.25, 0.3) is 0 Å². The van der Waals surface area contributed by atoms with E-state index >= 15 is 0 Å². The second-order valence-corrected chi connectivity index (χ2v) is 4.99. The zero-order valence-corrected chi connectivity index (χ0v) is 9.90. The Morgan fingerprint density at radius 2 is 2.00 bits per heavy atom. The van der Waals surface area contributed by atoms with Gasteiger partial charge in [0.25, 0.3) is 0 Å². The van der Waals surface area contributed by atoms with Gasteiger partial charge in [0, 0.05) is 26.2 Å². The van der Waals surface area contributed by atoms with Gasteiger partial charge in [0.2, 0.25) is 5.91 Å². The van der Waals surface area contributed by atoms with E-state index in [9.17, 15) is 4.79 Å². The fraction of sp³-hybridized carbons (Fsp3) is 0.917. The molecule has 2 aliphatic rings. The predicted molar refractivity (Wildman–Crippen MR) is 62.1 cm³/mol. The monoisotopic (exact) mass is 226 g/mol. The first kappa shape index (κ1) is 11.9. The molecule has 0 spiro atoms. The summed E-state index contributed by atoms with van der Waals surface area (Å²) in [4.78, 5) is 16.1. The molecule has 1 unspecified atom stereocenters. The lowest BCUT2D eigenvalue weighted by atomic mass is 10.1. The lowest BCUT2D eigenvalue weighted by molar-refractivity contribution is -0.131. The minimum absolute atomic E-state index is 0.276.